The van der Waals surface area contributed by atoms with E-state index >= 15 is 0 Å². The van der Waals surface area contributed by atoms with Crippen LogP contribution in [-0.2, 0) is 4.79 Å². The van der Waals surface area contributed by atoms with Crippen molar-refractivity contribution in [2.24, 2.45) is 5.92 Å². The summed E-state index contributed by atoms with van der Waals surface area (Å²) in [5, 5.41) is 9.29. The van der Waals surface area contributed by atoms with Gasteiger partial charge in [-0.3, -0.25) is 4.79 Å². The van der Waals surface area contributed by atoms with E-state index in [0.29, 0.717) is 12.3 Å². The van der Waals surface area contributed by atoms with Crippen LogP contribution in [0, 0.1) is 5.92 Å². The minimum atomic E-state index is -0.191. The van der Waals surface area contributed by atoms with Gasteiger partial charge in [0.15, 0.2) is 0 Å². The van der Waals surface area contributed by atoms with Crippen molar-refractivity contribution in [3.8, 4) is 0 Å². The monoisotopic (exact) mass is 199 g/mol. The second kappa shape index (κ2) is 5.35. The molecule has 0 unspecified atom stereocenters. The van der Waals surface area contributed by atoms with E-state index in [4.69, 9.17) is 0 Å². The van der Waals surface area contributed by atoms with Crippen LogP contribution in [-0.4, -0.2) is 35.1 Å². The summed E-state index contributed by atoms with van der Waals surface area (Å²) in [7, 11) is 0. The Hall–Kier alpha value is -0.570. The van der Waals surface area contributed by atoms with Gasteiger partial charge in [0.05, 0.1) is 6.10 Å². The Morgan fingerprint density at radius 3 is 2.50 bits per heavy atom. The van der Waals surface area contributed by atoms with Gasteiger partial charge < -0.3 is 10.0 Å². The molecule has 1 amide bonds. The van der Waals surface area contributed by atoms with Crippen molar-refractivity contribution in [2.45, 2.75) is 45.6 Å². The van der Waals surface area contributed by atoms with Gasteiger partial charge in [-0.05, 0) is 25.2 Å². The summed E-state index contributed by atoms with van der Waals surface area (Å²) < 4.78 is 0. The van der Waals surface area contributed by atoms with Crippen LogP contribution >= 0.6 is 0 Å². The van der Waals surface area contributed by atoms with Crippen LogP contribution in [0.15, 0.2) is 0 Å². The van der Waals surface area contributed by atoms with Gasteiger partial charge in [0.2, 0.25) is 5.91 Å². The molecular weight excluding hydrogens is 178 g/mol. The highest BCUT2D eigenvalue weighted by molar-refractivity contribution is 5.76. The molecule has 0 atom stereocenters. The molecule has 0 aromatic carbocycles. The average Bonchev–Trinajstić information content (AvgIpc) is 2.15. The molecular formula is C11H21NO2. The minimum Gasteiger partial charge on any atom is -0.393 e. The Balaban J connectivity index is 2.24. The van der Waals surface area contributed by atoms with Gasteiger partial charge in [-0.1, -0.05) is 13.8 Å². The van der Waals surface area contributed by atoms with E-state index in [1.54, 1.807) is 0 Å². The summed E-state index contributed by atoms with van der Waals surface area (Å²) in [6.45, 7) is 5.73. The number of piperidine rings is 1. The number of likely N-dealkylation sites (tertiary alicyclic amines) is 1. The van der Waals surface area contributed by atoms with E-state index in [2.05, 4.69) is 13.8 Å². The quantitative estimate of drug-likeness (QED) is 0.746. The van der Waals surface area contributed by atoms with Crippen LogP contribution in [0.4, 0.5) is 0 Å². The number of aliphatic hydroxyl groups excluding tert-OH is 1. The van der Waals surface area contributed by atoms with E-state index in [-0.39, 0.29) is 12.0 Å². The Labute approximate surface area is 86.1 Å². The van der Waals surface area contributed by atoms with E-state index < -0.39 is 0 Å². The van der Waals surface area contributed by atoms with Crippen LogP contribution in [0.1, 0.15) is 39.5 Å². The second-order valence-corrected chi connectivity index (χ2v) is 4.54. The first-order valence-electron chi connectivity index (χ1n) is 5.55. The Morgan fingerprint density at radius 2 is 2.00 bits per heavy atom. The van der Waals surface area contributed by atoms with Crippen molar-refractivity contribution >= 4 is 5.91 Å². The highest BCUT2D eigenvalue weighted by atomic mass is 16.3. The van der Waals surface area contributed by atoms with Gasteiger partial charge in [0.1, 0.15) is 0 Å². The number of carbonyl (C=O) groups is 1. The maximum Gasteiger partial charge on any atom is 0.222 e. The number of hydrogen-bond acceptors (Lipinski definition) is 2. The Kier molecular flexibility index (Phi) is 4.39. The molecule has 0 aliphatic carbocycles. The van der Waals surface area contributed by atoms with E-state index in [1.165, 1.54) is 0 Å². The standard InChI is InChI=1S/C11H21NO2/c1-9(2)3-4-11(14)12-7-5-10(13)6-8-12/h9-10,13H,3-8H2,1-2H3. The van der Waals surface area contributed by atoms with E-state index in [0.717, 1.165) is 32.4 Å². The molecule has 0 aromatic heterocycles. The zero-order chi connectivity index (χ0) is 10.6. The number of nitrogens with zero attached hydrogens (tertiary/aromatic N) is 1. The Bertz CT molecular complexity index is 184. The normalized spacial score (nSPS) is 19.0. The molecule has 0 radical (unpaired) electrons. The van der Waals surface area contributed by atoms with Crippen molar-refractivity contribution in [3.05, 3.63) is 0 Å². The lowest BCUT2D eigenvalue weighted by Crippen LogP contribution is -2.40. The van der Waals surface area contributed by atoms with Crippen molar-refractivity contribution in [1.29, 1.82) is 0 Å². The van der Waals surface area contributed by atoms with Crippen molar-refractivity contribution < 1.29 is 9.90 Å². The predicted molar refractivity (Wildman–Crippen MR) is 55.9 cm³/mol. The topological polar surface area (TPSA) is 40.5 Å². The first-order chi connectivity index (χ1) is 6.59. The van der Waals surface area contributed by atoms with Gasteiger partial charge in [0, 0.05) is 19.5 Å². The first-order valence-corrected chi connectivity index (χ1v) is 5.55. The minimum absolute atomic E-state index is 0.191. The molecule has 0 aromatic rings. The smallest absolute Gasteiger partial charge is 0.222 e. The van der Waals surface area contributed by atoms with Crippen molar-refractivity contribution in [1.82, 2.24) is 4.90 Å². The summed E-state index contributed by atoms with van der Waals surface area (Å²) in [4.78, 5) is 13.5. The third-order valence-corrected chi connectivity index (χ3v) is 2.75. The van der Waals surface area contributed by atoms with E-state index in [9.17, 15) is 9.90 Å². The second-order valence-electron chi connectivity index (χ2n) is 4.54. The molecule has 1 rings (SSSR count). The molecule has 1 aliphatic heterocycles. The molecule has 1 heterocycles. The third-order valence-electron chi connectivity index (χ3n) is 2.75. The van der Waals surface area contributed by atoms with Crippen molar-refractivity contribution in [3.63, 3.8) is 0 Å². The number of carbonyl (C=O) groups excluding carboxylic acids is 1. The van der Waals surface area contributed by atoms with Gasteiger partial charge in [-0.25, -0.2) is 0 Å². The lowest BCUT2D eigenvalue weighted by atomic mass is 10.0. The summed E-state index contributed by atoms with van der Waals surface area (Å²) in [6, 6.07) is 0. The lowest BCUT2D eigenvalue weighted by Gasteiger charge is -2.29. The van der Waals surface area contributed by atoms with Crippen LogP contribution in [0.3, 0.4) is 0 Å². The summed E-state index contributed by atoms with van der Waals surface area (Å²) in [5.41, 5.74) is 0. The fraction of sp³-hybridized carbons (Fsp3) is 0.909. The van der Waals surface area contributed by atoms with Gasteiger partial charge in [0.25, 0.3) is 0 Å². The highest BCUT2D eigenvalue weighted by Crippen LogP contribution is 2.13. The molecule has 3 nitrogen and oxygen atoms in total. The fourth-order valence-electron chi connectivity index (χ4n) is 1.69. The van der Waals surface area contributed by atoms with Crippen LogP contribution in [0.25, 0.3) is 0 Å². The molecule has 1 aliphatic rings. The molecule has 1 saturated heterocycles. The van der Waals surface area contributed by atoms with Crippen molar-refractivity contribution in [2.75, 3.05) is 13.1 Å². The number of amides is 1. The lowest BCUT2D eigenvalue weighted by molar-refractivity contribution is -0.133. The number of hydrogen-bond donors (Lipinski definition) is 1. The molecule has 82 valence electrons. The fourth-order valence-corrected chi connectivity index (χ4v) is 1.69. The Morgan fingerprint density at radius 1 is 1.43 bits per heavy atom. The predicted octanol–water partition coefficient (Wildman–Crippen LogP) is 1.41. The summed E-state index contributed by atoms with van der Waals surface area (Å²) in [6.07, 6.45) is 2.93. The zero-order valence-corrected chi connectivity index (χ0v) is 9.20. The maximum absolute atomic E-state index is 11.7. The highest BCUT2D eigenvalue weighted by Gasteiger charge is 2.20. The zero-order valence-electron chi connectivity index (χ0n) is 9.20. The summed E-state index contributed by atoms with van der Waals surface area (Å²) >= 11 is 0. The van der Waals surface area contributed by atoms with Crippen LogP contribution in [0.2, 0.25) is 0 Å². The van der Waals surface area contributed by atoms with E-state index in [1.807, 2.05) is 4.90 Å². The molecule has 1 fully saturated rings. The SMILES string of the molecule is CC(C)CCC(=O)N1CCC(O)CC1. The molecule has 3 heteroatoms. The third kappa shape index (κ3) is 3.66. The maximum atomic E-state index is 11.7. The van der Waals surface area contributed by atoms with Crippen LogP contribution in [0.5, 0.6) is 0 Å². The van der Waals surface area contributed by atoms with Crippen LogP contribution < -0.4 is 0 Å². The van der Waals surface area contributed by atoms with Gasteiger partial charge >= 0.3 is 0 Å². The van der Waals surface area contributed by atoms with Gasteiger partial charge in [-0.2, -0.15) is 0 Å². The first kappa shape index (κ1) is 11.5. The number of rotatable bonds is 3. The molecule has 0 saturated carbocycles. The molecule has 0 bridgehead atoms. The van der Waals surface area contributed by atoms with Gasteiger partial charge in [-0.15, -0.1) is 0 Å². The molecule has 1 N–H and O–H groups in total. The molecule has 14 heavy (non-hydrogen) atoms. The molecule has 0 spiro atoms. The summed E-state index contributed by atoms with van der Waals surface area (Å²) in [5.74, 6) is 0.847. The largest absolute Gasteiger partial charge is 0.393 e. The number of aliphatic hydroxyl groups is 1. The average molecular weight is 199 g/mol.